The third kappa shape index (κ3) is 4.13. The van der Waals surface area contributed by atoms with Crippen LogP contribution < -0.4 is 10.1 Å². The third-order valence-corrected chi connectivity index (χ3v) is 3.71. The van der Waals surface area contributed by atoms with Gasteiger partial charge in [-0.05, 0) is 29.8 Å². The molecule has 26 heavy (non-hydrogen) atoms. The van der Waals surface area contributed by atoms with Crippen molar-refractivity contribution < 1.29 is 19.1 Å². The molecular weight excluding hydrogens is 334 g/mol. The highest BCUT2D eigenvalue weighted by Gasteiger charge is 2.08. The van der Waals surface area contributed by atoms with E-state index in [-0.39, 0.29) is 12.5 Å². The van der Waals surface area contributed by atoms with Crippen molar-refractivity contribution in [3.8, 4) is 5.88 Å². The summed E-state index contributed by atoms with van der Waals surface area (Å²) in [6, 6.07) is 14.2. The fraction of sp³-hybridized carbons (Fsp3) is 0.158. The van der Waals surface area contributed by atoms with Crippen LogP contribution >= 0.6 is 0 Å². The van der Waals surface area contributed by atoms with Crippen LogP contribution in [-0.2, 0) is 16.1 Å². The lowest BCUT2D eigenvalue weighted by atomic mass is 10.1. The summed E-state index contributed by atoms with van der Waals surface area (Å²) in [5, 5.41) is 3.51. The summed E-state index contributed by atoms with van der Waals surface area (Å²) < 4.78 is 10.2. The molecule has 1 heterocycles. The smallest absolute Gasteiger partial charge is 0.337 e. The van der Waals surface area contributed by atoms with Gasteiger partial charge in [-0.1, -0.05) is 24.3 Å². The third-order valence-electron chi connectivity index (χ3n) is 3.71. The maximum absolute atomic E-state index is 12.0. The molecule has 0 bridgehead atoms. The quantitative estimate of drug-likeness (QED) is 0.684. The second-order valence-electron chi connectivity index (χ2n) is 5.45. The van der Waals surface area contributed by atoms with Crippen molar-refractivity contribution in [1.82, 2.24) is 15.3 Å². The van der Waals surface area contributed by atoms with Crippen molar-refractivity contribution in [3.05, 3.63) is 66.0 Å². The number of nitrogens with zero attached hydrogens (tertiary/aromatic N) is 2. The first-order valence-corrected chi connectivity index (χ1v) is 7.94. The minimum Gasteiger partial charge on any atom is -0.467 e. The van der Waals surface area contributed by atoms with Gasteiger partial charge in [-0.15, -0.1) is 0 Å². The molecule has 0 saturated carbocycles. The molecule has 132 valence electrons. The molecule has 0 aliphatic rings. The monoisotopic (exact) mass is 351 g/mol. The Morgan fingerprint density at radius 2 is 1.81 bits per heavy atom. The van der Waals surface area contributed by atoms with Crippen LogP contribution in [0.3, 0.4) is 0 Å². The highest BCUT2D eigenvalue weighted by atomic mass is 16.5. The van der Waals surface area contributed by atoms with E-state index < -0.39 is 5.97 Å². The van der Waals surface area contributed by atoms with Gasteiger partial charge < -0.3 is 14.8 Å². The van der Waals surface area contributed by atoms with Crippen LogP contribution in [-0.4, -0.2) is 35.6 Å². The maximum atomic E-state index is 12.0. The molecule has 2 aromatic carbocycles. The first kappa shape index (κ1) is 17.3. The largest absolute Gasteiger partial charge is 0.467 e. The molecular formula is C19H17N3O4. The number of hydrogen-bond acceptors (Lipinski definition) is 6. The number of ether oxygens (including phenoxy) is 2. The van der Waals surface area contributed by atoms with Crippen molar-refractivity contribution >= 4 is 22.8 Å². The first-order valence-electron chi connectivity index (χ1n) is 7.94. The average Bonchev–Trinajstić information content (AvgIpc) is 2.70. The predicted molar refractivity (Wildman–Crippen MR) is 94.7 cm³/mol. The Hall–Kier alpha value is -3.48. The zero-order valence-electron chi connectivity index (χ0n) is 14.1. The van der Waals surface area contributed by atoms with Gasteiger partial charge in [0.15, 0.2) is 6.61 Å². The molecule has 0 atom stereocenters. The van der Waals surface area contributed by atoms with E-state index in [4.69, 9.17) is 4.74 Å². The molecule has 1 amide bonds. The van der Waals surface area contributed by atoms with Gasteiger partial charge in [0, 0.05) is 6.54 Å². The number of rotatable bonds is 6. The van der Waals surface area contributed by atoms with Crippen LogP contribution in [0.4, 0.5) is 0 Å². The van der Waals surface area contributed by atoms with E-state index in [0.717, 1.165) is 16.5 Å². The van der Waals surface area contributed by atoms with Crippen molar-refractivity contribution in [1.29, 1.82) is 0 Å². The van der Waals surface area contributed by atoms with Crippen LogP contribution in [0.2, 0.25) is 0 Å². The predicted octanol–water partition coefficient (Wildman–Crippen LogP) is 2.11. The summed E-state index contributed by atoms with van der Waals surface area (Å²) in [6.07, 6.45) is 1.40. The van der Waals surface area contributed by atoms with Crippen LogP contribution in [0.1, 0.15) is 15.9 Å². The number of benzene rings is 2. The Balaban J connectivity index is 1.53. The minimum absolute atomic E-state index is 0.152. The second kappa shape index (κ2) is 8.06. The summed E-state index contributed by atoms with van der Waals surface area (Å²) >= 11 is 0. The van der Waals surface area contributed by atoms with Gasteiger partial charge in [0.25, 0.3) is 5.91 Å². The molecule has 1 aromatic heterocycles. The lowest BCUT2D eigenvalue weighted by Crippen LogP contribution is -2.28. The van der Waals surface area contributed by atoms with Gasteiger partial charge in [0.05, 0.1) is 23.6 Å². The Kier molecular flexibility index (Phi) is 5.38. The van der Waals surface area contributed by atoms with Crippen LogP contribution in [0.25, 0.3) is 10.9 Å². The lowest BCUT2D eigenvalue weighted by molar-refractivity contribution is -0.123. The SMILES string of the molecule is COC(=O)c1ccc(CNC(=O)COc2ncnc3ccccc23)cc1. The zero-order valence-corrected chi connectivity index (χ0v) is 14.1. The van der Waals surface area contributed by atoms with Gasteiger partial charge in [-0.3, -0.25) is 4.79 Å². The Morgan fingerprint density at radius 3 is 2.58 bits per heavy atom. The number of amides is 1. The zero-order chi connectivity index (χ0) is 18.4. The topological polar surface area (TPSA) is 90.4 Å². The summed E-state index contributed by atoms with van der Waals surface area (Å²) in [5.41, 5.74) is 2.07. The van der Waals surface area contributed by atoms with Crippen molar-refractivity contribution in [3.63, 3.8) is 0 Å². The number of aromatic nitrogens is 2. The van der Waals surface area contributed by atoms with E-state index in [1.165, 1.54) is 13.4 Å². The number of carbonyl (C=O) groups is 2. The summed E-state index contributed by atoms with van der Waals surface area (Å²) in [7, 11) is 1.33. The highest BCUT2D eigenvalue weighted by Crippen LogP contribution is 2.20. The molecule has 0 radical (unpaired) electrons. The average molecular weight is 351 g/mol. The van der Waals surface area contributed by atoms with E-state index in [9.17, 15) is 9.59 Å². The van der Waals surface area contributed by atoms with Crippen LogP contribution in [0, 0.1) is 0 Å². The van der Waals surface area contributed by atoms with E-state index in [2.05, 4.69) is 20.0 Å². The molecule has 0 aliphatic carbocycles. The standard InChI is InChI=1S/C19H17N3O4/c1-25-19(24)14-8-6-13(7-9-14)10-20-17(23)11-26-18-15-4-2-3-5-16(15)21-12-22-18/h2-9,12H,10-11H2,1H3,(H,20,23). The second-order valence-corrected chi connectivity index (χ2v) is 5.45. The van der Waals surface area contributed by atoms with E-state index in [1.807, 2.05) is 24.3 Å². The van der Waals surface area contributed by atoms with Crippen molar-refractivity contribution in [2.45, 2.75) is 6.54 Å². The number of nitrogens with one attached hydrogen (secondary N) is 1. The fourth-order valence-corrected chi connectivity index (χ4v) is 2.36. The molecule has 0 saturated heterocycles. The number of methoxy groups -OCH3 is 1. The summed E-state index contributed by atoms with van der Waals surface area (Å²) in [5.74, 6) is -0.302. The summed E-state index contributed by atoms with van der Waals surface area (Å²) in [4.78, 5) is 31.6. The molecule has 0 spiro atoms. The molecule has 0 fully saturated rings. The normalized spacial score (nSPS) is 10.3. The minimum atomic E-state index is -0.397. The van der Waals surface area contributed by atoms with Gasteiger partial charge in [-0.2, -0.15) is 0 Å². The summed E-state index contributed by atoms with van der Waals surface area (Å²) in [6.45, 7) is 0.176. The lowest BCUT2D eigenvalue weighted by Gasteiger charge is -2.09. The Bertz CT molecular complexity index is 920. The number of para-hydroxylation sites is 1. The molecule has 1 N–H and O–H groups in total. The maximum Gasteiger partial charge on any atom is 0.337 e. The molecule has 3 aromatic rings. The Morgan fingerprint density at radius 1 is 1.04 bits per heavy atom. The van der Waals surface area contributed by atoms with Crippen LogP contribution in [0.15, 0.2) is 54.9 Å². The number of esters is 1. The molecule has 7 heteroatoms. The van der Waals surface area contributed by atoms with Crippen molar-refractivity contribution in [2.75, 3.05) is 13.7 Å². The molecule has 0 unspecified atom stereocenters. The number of hydrogen-bond donors (Lipinski definition) is 1. The number of fused-ring (bicyclic) bond motifs is 1. The molecule has 7 nitrogen and oxygen atoms in total. The van der Waals surface area contributed by atoms with Gasteiger partial charge in [0.2, 0.25) is 5.88 Å². The Labute approximate surface area is 150 Å². The molecule has 0 aliphatic heterocycles. The van der Waals surface area contributed by atoms with Gasteiger partial charge in [-0.25, -0.2) is 14.8 Å². The van der Waals surface area contributed by atoms with E-state index in [0.29, 0.717) is 18.0 Å². The van der Waals surface area contributed by atoms with Gasteiger partial charge >= 0.3 is 5.97 Å². The highest BCUT2D eigenvalue weighted by molar-refractivity contribution is 5.89. The fourth-order valence-electron chi connectivity index (χ4n) is 2.36. The van der Waals surface area contributed by atoms with Gasteiger partial charge in [0.1, 0.15) is 6.33 Å². The van der Waals surface area contributed by atoms with E-state index >= 15 is 0 Å². The first-order chi connectivity index (χ1) is 12.7. The van der Waals surface area contributed by atoms with Crippen molar-refractivity contribution in [2.24, 2.45) is 0 Å². The van der Waals surface area contributed by atoms with E-state index in [1.54, 1.807) is 24.3 Å². The molecule has 3 rings (SSSR count). The number of carbonyl (C=O) groups excluding carboxylic acids is 2. The van der Waals surface area contributed by atoms with Crippen LogP contribution in [0.5, 0.6) is 5.88 Å².